The van der Waals surface area contributed by atoms with Crippen molar-refractivity contribution in [1.82, 2.24) is 15.4 Å². The Hall–Kier alpha value is -2.46. The van der Waals surface area contributed by atoms with E-state index in [-0.39, 0.29) is 5.75 Å². The van der Waals surface area contributed by atoms with E-state index in [9.17, 15) is 5.11 Å². The molecular weight excluding hydrogens is 366 g/mol. The molecule has 0 amide bonds. The fourth-order valence-electron chi connectivity index (χ4n) is 2.97. The van der Waals surface area contributed by atoms with E-state index in [1.165, 1.54) is 0 Å². The standard InChI is InChI=1S/C18H23N3O5Si/c1-23-27(24-2,25-3)12-6-11-26-18-14(13-7-4-5-8-16(13)22)9-10-15-17(18)20-21-19-15/h4-5,7-10,22H,6,11-12H2,1-3H3,(H,19,20,21). The summed E-state index contributed by atoms with van der Waals surface area (Å²) in [7, 11) is 2.13. The van der Waals surface area contributed by atoms with Gasteiger partial charge in [-0.3, -0.25) is 0 Å². The monoisotopic (exact) mass is 389 g/mol. The molecule has 8 nitrogen and oxygen atoms in total. The van der Waals surface area contributed by atoms with E-state index in [1.54, 1.807) is 33.5 Å². The van der Waals surface area contributed by atoms with Crippen LogP contribution in [0.15, 0.2) is 36.4 Å². The molecule has 0 unspecified atom stereocenters. The molecule has 0 aliphatic rings. The highest BCUT2D eigenvalue weighted by Gasteiger charge is 2.37. The number of aromatic nitrogens is 3. The summed E-state index contributed by atoms with van der Waals surface area (Å²) in [4.78, 5) is 0. The molecular formula is C18H23N3O5Si. The van der Waals surface area contributed by atoms with Crippen molar-refractivity contribution in [2.45, 2.75) is 12.5 Å². The van der Waals surface area contributed by atoms with Crippen molar-refractivity contribution in [3.63, 3.8) is 0 Å². The maximum Gasteiger partial charge on any atom is 0.500 e. The van der Waals surface area contributed by atoms with E-state index in [4.69, 9.17) is 18.0 Å². The minimum absolute atomic E-state index is 0.176. The van der Waals surface area contributed by atoms with Gasteiger partial charge in [-0.05, 0) is 24.6 Å². The molecule has 0 atom stereocenters. The number of rotatable bonds is 9. The smallest absolute Gasteiger partial charge is 0.500 e. The fraction of sp³-hybridized carbons (Fsp3) is 0.333. The number of para-hydroxylation sites is 1. The summed E-state index contributed by atoms with van der Waals surface area (Å²) in [5, 5.41) is 21.2. The Kier molecular flexibility index (Phi) is 6.07. The Balaban J connectivity index is 1.84. The second-order valence-corrected chi connectivity index (χ2v) is 8.99. The van der Waals surface area contributed by atoms with E-state index in [1.807, 2.05) is 24.3 Å². The summed E-state index contributed by atoms with van der Waals surface area (Å²) >= 11 is 0. The SMILES string of the molecule is CO[Si](CCCOc1c(-c2ccccc2O)ccc2n[nH]nc12)(OC)OC. The first-order valence-corrected chi connectivity index (χ1v) is 10.5. The van der Waals surface area contributed by atoms with Crippen molar-refractivity contribution in [2.24, 2.45) is 0 Å². The lowest BCUT2D eigenvalue weighted by atomic mass is 10.0. The predicted octanol–water partition coefficient (Wildman–Crippen LogP) is 2.98. The third kappa shape index (κ3) is 3.96. The number of nitrogens with zero attached hydrogens (tertiary/aromatic N) is 2. The van der Waals surface area contributed by atoms with Crippen LogP contribution < -0.4 is 4.74 Å². The fourth-order valence-corrected chi connectivity index (χ4v) is 4.66. The van der Waals surface area contributed by atoms with E-state index >= 15 is 0 Å². The average Bonchev–Trinajstić information content (AvgIpc) is 3.18. The van der Waals surface area contributed by atoms with E-state index in [2.05, 4.69) is 15.4 Å². The van der Waals surface area contributed by atoms with E-state index in [0.717, 1.165) is 5.56 Å². The van der Waals surface area contributed by atoms with Gasteiger partial charge in [-0.1, -0.05) is 18.2 Å². The Morgan fingerprint density at radius 2 is 1.70 bits per heavy atom. The summed E-state index contributed by atoms with van der Waals surface area (Å²) in [5.74, 6) is 0.747. The third-order valence-electron chi connectivity index (χ3n) is 4.44. The van der Waals surface area contributed by atoms with Gasteiger partial charge in [0.2, 0.25) is 0 Å². The molecule has 0 saturated heterocycles. The van der Waals surface area contributed by atoms with Crippen LogP contribution >= 0.6 is 0 Å². The van der Waals surface area contributed by atoms with Crippen molar-refractivity contribution in [3.8, 4) is 22.6 Å². The Bertz CT molecular complexity index is 889. The zero-order valence-electron chi connectivity index (χ0n) is 15.6. The van der Waals surface area contributed by atoms with Crippen LogP contribution in [0.25, 0.3) is 22.2 Å². The highest BCUT2D eigenvalue weighted by atomic mass is 28.4. The Morgan fingerprint density at radius 1 is 0.963 bits per heavy atom. The van der Waals surface area contributed by atoms with Crippen molar-refractivity contribution in [3.05, 3.63) is 36.4 Å². The zero-order valence-corrected chi connectivity index (χ0v) is 16.6. The summed E-state index contributed by atoms with van der Waals surface area (Å²) in [6, 6.07) is 11.4. The first-order valence-electron chi connectivity index (χ1n) is 8.54. The average molecular weight is 389 g/mol. The van der Waals surface area contributed by atoms with Gasteiger partial charge in [0.25, 0.3) is 0 Å². The van der Waals surface area contributed by atoms with Gasteiger partial charge in [0.05, 0.1) is 6.61 Å². The number of hydrogen-bond acceptors (Lipinski definition) is 7. The highest BCUT2D eigenvalue weighted by molar-refractivity contribution is 6.60. The third-order valence-corrected chi connectivity index (χ3v) is 7.28. The zero-order chi connectivity index (χ0) is 19.3. The van der Waals surface area contributed by atoms with Crippen molar-refractivity contribution in [1.29, 1.82) is 0 Å². The maximum atomic E-state index is 10.2. The number of fused-ring (bicyclic) bond motifs is 1. The molecule has 3 rings (SSSR count). The number of ether oxygens (including phenoxy) is 1. The topological polar surface area (TPSA) is 98.7 Å². The van der Waals surface area contributed by atoms with E-state index in [0.29, 0.717) is 41.4 Å². The van der Waals surface area contributed by atoms with Crippen LogP contribution in [0.4, 0.5) is 0 Å². The van der Waals surface area contributed by atoms with Gasteiger partial charge in [0.15, 0.2) is 11.3 Å². The number of aromatic amines is 1. The van der Waals surface area contributed by atoms with Crippen molar-refractivity contribution < 1.29 is 23.1 Å². The molecule has 9 heteroatoms. The van der Waals surface area contributed by atoms with E-state index < -0.39 is 8.80 Å². The highest BCUT2D eigenvalue weighted by Crippen LogP contribution is 2.39. The van der Waals surface area contributed by atoms with Gasteiger partial charge in [-0.25, -0.2) is 0 Å². The van der Waals surface area contributed by atoms with Crippen LogP contribution in [0.1, 0.15) is 6.42 Å². The first kappa shape index (κ1) is 19.3. The van der Waals surface area contributed by atoms with Crippen molar-refractivity contribution in [2.75, 3.05) is 27.9 Å². The number of aromatic hydroxyl groups is 1. The number of benzene rings is 2. The normalized spacial score (nSPS) is 11.8. The lowest BCUT2D eigenvalue weighted by Crippen LogP contribution is -2.42. The maximum absolute atomic E-state index is 10.2. The molecule has 1 aromatic heterocycles. The van der Waals surface area contributed by atoms with Gasteiger partial charge < -0.3 is 23.1 Å². The van der Waals surface area contributed by atoms with Crippen LogP contribution in [-0.2, 0) is 13.3 Å². The first-order chi connectivity index (χ1) is 13.1. The quantitative estimate of drug-likeness (QED) is 0.429. The van der Waals surface area contributed by atoms with Crippen molar-refractivity contribution >= 4 is 19.8 Å². The Morgan fingerprint density at radius 3 is 2.41 bits per heavy atom. The molecule has 2 N–H and O–H groups in total. The lowest BCUT2D eigenvalue weighted by molar-refractivity contribution is 0.121. The number of phenols is 1. The summed E-state index contributed by atoms with van der Waals surface area (Å²) < 4.78 is 22.4. The molecule has 144 valence electrons. The summed E-state index contributed by atoms with van der Waals surface area (Å²) in [5.41, 5.74) is 2.73. The molecule has 1 heterocycles. The molecule has 27 heavy (non-hydrogen) atoms. The molecule has 0 saturated carbocycles. The molecule has 0 aliphatic carbocycles. The molecule has 2 aromatic carbocycles. The van der Waals surface area contributed by atoms with Gasteiger partial charge in [-0.2, -0.15) is 15.4 Å². The minimum atomic E-state index is -2.64. The molecule has 0 aliphatic heterocycles. The second kappa shape index (κ2) is 8.48. The van der Waals surface area contributed by atoms with Crippen LogP contribution in [-0.4, -0.2) is 57.3 Å². The molecule has 0 spiro atoms. The molecule has 0 bridgehead atoms. The summed E-state index contributed by atoms with van der Waals surface area (Å²) in [6.07, 6.45) is 0.677. The molecule has 0 radical (unpaired) electrons. The van der Waals surface area contributed by atoms with Crippen LogP contribution in [0.3, 0.4) is 0 Å². The second-order valence-electron chi connectivity index (χ2n) is 5.90. The van der Waals surface area contributed by atoms with Gasteiger partial charge >= 0.3 is 8.80 Å². The number of nitrogens with one attached hydrogen (secondary N) is 1. The largest absolute Gasteiger partial charge is 0.507 e. The number of hydrogen-bond donors (Lipinski definition) is 2. The summed E-state index contributed by atoms with van der Waals surface area (Å²) in [6.45, 7) is 0.414. The van der Waals surface area contributed by atoms with Crippen LogP contribution in [0.2, 0.25) is 6.04 Å². The molecule has 3 aromatic rings. The van der Waals surface area contributed by atoms with Crippen LogP contribution in [0.5, 0.6) is 11.5 Å². The van der Waals surface area contributed by atoms with Crippen LogP contribution in [0, 0.1) is 0 Å². The number of H-pyrrole nitrogens is 1. The minimum Gasteiger partial charge on any atom is -0.507 e. The van der Waals surface area contributed by atoms with Gasteiger partial charge in [-0.15, -0.1) is 0 Å². The predicted molar refractivity (Wildman–Crippen MR) is 103 cm³/mol. The lowest BCUT2D eigenvalue weighted by Gasteiger charge is -2.24. The van der Waals surface area contributed by atoms with Gasteiger partial charge in [0, 0.05) is 38.5 Å². The van der Waals surface area contributed by atoms with Gasteiger partial charge in [0.1, 0.15) is 11.3 Å². The Labute approximate surface area is 158 Å². The molecule has 0 fully saturated rings. The number of phenolic OH excluding ortho intramolecular Hbond substituents is 1.